The van der Waals surface area contributed by atoms with Crippen LogP contribution in [0.5, 0.6) is 11.5 Å². The van der Waals surface area contributed by atoms with E-state index in [4.69, 9.17) is 21.1 Å². The molecule has 0 fully saturated rings. The molecule has 0 spiro atoms. The van der Waals surface area contributed by atoms with Crippen LogP contribution >= 0.6 is 11.6 Å². The van der Waals surface area contributed by atoms with E-state index in [1.165, 1.54) is 36.4 Å². The van der Waals surface area contributed by atoms with Crippen LogP contribution < -0.4 is 9.47 Å². The monoisotopic (exact) mass is 412 g/mol. The molecule has 3 aromatic rings. The lowest BCUT2D eigenvalue weighted by molar-refractivity contribution is 0.101. The Bertz CT molecular complexity index is 1120. The quantitative estimate of drug-likeness (QED) is 0.484. The van der Waals surface area contributed by atoms with Gasteiger partial charge in [0, 0.05) is 11.6 Å². The van der Waals surface area contributed by atoms with Crippen molar-refractivity contribution in [1.82, 2.24) is 0 Å². The highest BCUT2D eigenvalue weighted by Crippen LogP contribution is 2.38. The van der Waals surface area contributed by atoms with Crippen LogP contribution in [0.15, 0.2) is 60.4 Å². The molecule has 0 radical (unpaired) electrons. The summed E-state index contributed by atoms with van der Waals surface area (Å²) in [6.45, 7) is 2.00. The van der Waals surface area contributed by atoms with Gasteiger partial charge in [-0.2, -0.15) is 0 Å². The Balaban J connectivity index is 1.59. The minimum Gasteiger partial charge on any atom is -0.489 e. The van der Waals surface area contributed by atoms with E-state index in [-0.39, 0.29) is 34.6 Å². The van der Waals surface area contributed by atoms with Crippen molar-refractivity contribution in [2.24, 2.45) is 0 Å². The smallest absolute Gasteiger partial charge is 0.232 e. The van der Waals surface area contributed by atoms with Gasteiger partial charge in [0.05, 0.1) is 10.6 Å². The van der Waals surface area contributed by atoms with Crippen molar-refractivity contribution in [3.05, 3.63) is 99.3 Å². The van der Waals surface area contributed by atoms with Crippen molar-refractivity contribution in [2.75, 3.05) is 0 Å². The predicted octanol–water partition coefficient (Wildman–Crippen LogP) is 6.12. The molecule has 0 bridgehead atoms. The van der Waals surface area contributed by atoms with Gasteiger partial charge in [-0.15, -0.1) is 0 Å². The molecule has 1 heterocycles. The van der Waals surface area contributed by atoms with Crippen molar-refractivity contribution < 1.29 is 23.0 Å². The second kappa shape index (κ2) is 7.68. The molecule has 3 nitrogen and oxygen atoms in total. The van der Waals surface area contributed by atoms with E-state index in [0.29, 0.717) is 22.6 Å². The molecule has 4 rings (SSSR count). The highest BCUT2D eigenvalue weighted by molar-refractivity contribution is 6.32. The number of benzene rings is 3. The van der Waals surface area contributed by atoms with Crippen molar-refractivity contribution in [3.63, 3.8) is 0 Å². The average Bonchev–Trinajstić information content (AvgIpc) is 3.00. The van der Waals surface area contributed by atoms with Gasteiger partial charge in [0.25, 0.3) is 0 Å². The maximum Gasteiger partial charge on any atom is 0.232 e. The van der Waals surface area contributed by atoms with Crippen molar-refractivity contribution >= 4 is 23.5 Å². The molecule has 0 saturated carbocycles. The number of Topliss-reactive ketones (excluding diaryl/α,β-unsaturated/α-hetero) is 1. The Labute approximate surface area is 171 Å². The van der Waals surface area contributed by atoms with Gasteiger partial charge >= 0.3 is 0 Å². The minimum absolute atomic E-state index is 0.00853. The molecule has 0 aromatic heterocycles. The van der Waals surface area contributed by atoms with Gasteiger partial charge in [-0.3, -0.25) is 4.79 Å². The summed E-state index contributed by atoms with van der Waals surface area (Å²) in [5.74, 6) is -0.375. The number of aryl methyl sites for hydroxylation is 1. The summed E-state index contributed by atoms with van der Waals surface area (Å²) in [7, 11) is 0. The van der Waals surface area contributed by atoms with Gasteiger partial charge in [0.1, 0.15) is 29.7 Å². The number of carbonyl (C=O) groups excluding carboxylic acids is 1. The molecule has 1 aliphatic rings. The molecule has 1 aliphatic heterocycles. The fraction of sp³-hybridized carbons (Fsp3) is 0.0870. The summed E-state index contributed by atoms with van der Waals surface area (Å²) < 4.78 is 38.5. The molecular formula is C23H15ClF2O3. The van der Waals surface area contributed by atoms with Crippen LogP contribution in [-0.4, -0.2) is 5.78 Å². The number of ketones is 1. The summed E-state index contributed by atoms with van der Waals surface area (Å²) >= 11 is 6.04. The molecule has 0 saturated heterocycles. The molecule has 0 N–H and O–H groups in total. The van der Waals surface area contributed by atoms with E-state index in [1.54, 1.807) is 31.2 Å². The normalized spacial score (nSPS) is 14.1. The Hall–Kier alpha value is -3.18. The average molecular weight is 413 g/mol. The largest absolute Gasteiger partial charge is 0.489 e. The van der Waals surface area contributed by atoms with E-state index in [0.717, 1.165) is 5.56 Å². The second-order valence-corrected chi connectivity index (χ2v) is 7.01. The lowest BCUT2D eigenvalue weighted by Crippen LogP contribution is -2.00. The summed E-state index contributed by atoms with van der Waals surface area (Å²) in [6, 6.07) is 13.6. The summed E-state index contributed by atoms with van der Waals surface area (Å²) in [4.78, 5) is 12.7. The number of ether oxygens (including phenoxy) is 2. The third-order valence-electron chi connectivity index (χ3n) is 4.54. The van der Waals surface area contributed by atoms with Gasteiger partial charge in [0.15, 0.2) is 5.76 Å². The van der Waals surface area contributed by atoms with Crippen molar-refractivity contribution in [1.29, 1.82) is 0 Å². The molecule has 0 unspecified atom stereocenters. The first-order valence-corrected chi connectivity index (χ1v) is 9.20. The van der Waals surface area contributed by atoms with Gasteiger partial charge in [-0.05, 0) is 54.5 Å². The standard InChI is InChI=1S/C23H15ClF2O3/c1-13-9-16(28-12-14-5-7-15(25)8-6-14)10-20-22(13)23(27)21(29-20)11-17-18(24)3-2-4-19(17)26/h2-11H,12H2,1H3/b21-11-. The Morgan fingerprint density at radius 3 is 2.59 bits per heavy atom. The summed E-state index contributed by atoms with van der Waals surface area (Å²) in [5, 5.41) is 0.185. The lowest BCUT2D eigenvalue weighted by atomic mass is 10.0. The number of allylic oxidation sites excluding steroid dienone is 1. The zero-order valence-corrected chi connectivity index (χ0v) is 16.1. The number of halogens is 3. The topological polar surface area (TPSA) is 35.5 Å². The SMILES string of the molecule is Cc1cc(OCc2ccc(F)cc2)cc2c1C(=O)/C(=C/c1c(F)cccc1Cl)O2. The molecule has 3 aromatic carbocycles. The molecule has 146 valence electrons. The van der Waals surface area contributed by atoms with E-state index in [9.17, 15) is 13.6 Å². The first kappa shape index (κ1) is 19.2. The predicted molar refractivity (Wildman–Crippen MR) is 106 cm³/mol. The van der Waals surface area contributed by atoms with Gasteiger partial charge < -0.3 is 9.47 Å². The number of rotatable bonds is 4. The number of hydrogen-bond acceptors (Lipinski definition) is 3. The first-order chi connectivity index (χ1) is 13.9. The zero-order valence-electron chi connectivity index (χ0n) is 15.3. The lowest BCUT2D eigenvalue weighted by Gasteiger charge is -2.09. The van der Waals surface area contributed by atoms with Crippen molar-refractivity contribution in [2.45, 2.75) is 13.5 Å². The molecule has 6 heteroatoms. The van der Waals surface area contributed by atoms with Crippen LogP contribution in [0.1, 0.15) is 27.0 Å². The number of hydrogen-bond donors (Lipinski definition) is 0. The van der Waals surface area contributed by atoms with E-state index in [1.807, 2.05) is 0 Å². The maximum atomic E-state index is 14.1. The van der Waals surface area contributed by atoms with Crippen LogP contribution in [0.25, 0.3) is 6.08 Å². The van der Waals surface area contributed by atoms with E-state index < -0.39 is 5.82 Å². The van der Waals surface area contributed by atoms with Crippen molar-refractivity contribution in [3.8, 4) is 11.5 Å². The highest BCUT2D eigenvalue weighted by Gasteiger charge is 2.30. The molecule has 0 atom stereocenters. The Morgan fingerprint density at radius 1 is 1.10 bits per heavy atom. The minimum atomic E-state index is -0.544. The second-order valence-electron chi connectivity index (χ2n) is 6.60. The summed E-state index contributed by atoms with van der Waals surface area (Å²) in [6.07, 6.45) is 1.30. The maximum absolute atomic E-state index is 14.1. The Kier molecular flexibility index (Phi) is 5.07. The first-order valence-electron chi connectivity index (χ1n) is 8.82. The Morgan fingerprint density at radius 2 is 1.86 bits per heavy atom. The fourth-order valence-electron chi connectivity index (χ4n) is 3.09. The molecule has 29 heavy (non-hydrogen) atoms. The third-order valence-corrected chi connectivity index (χ3v) is 4.87. The zero-order chi connectivity index (χ0) is 20.5. The number of carbonyl (C=O) groups is 1. The molecule has 0 aliphatic carbocycles. The van der Waals surface area contributed by atoms with Gasteiger partial charge in [-0.1, -0.05) is 29.8 Å². The van der Waals surface area contributed by atoms with Crippen LogP contribution in [0.4, 0.5) is 8.78 Å². The van der Waals surface area contributed by atoms with Gasteiger partial charge in [-0.25, -0.2) is 8.78 Å². The molecule has 0 amide bonds. The molecular weight excluding hydrogens is 398 g/mol. The highest BCUT2D eigenvalue weighted by atomic mass is 35.5. The van der Waals surface area contributed by atoms with Crippen LogP contribution in [-0.2, 0) is 6.61 Å². The third kappa shape index (κ3) is 3.87. The summed E-state index contributed by atoms with van der Waals surface area (Å²) in [5.41, 5.74) is 1.97. The van der Waals surface area contributed by atoms with Crippen LogP contribution in [0.3, 0.4) is 0 Å². The van der Waals surface area contributed by atoms with E-state index >= 15 is 0 Å². The fourth-order valence-corrected chi connectivity index (χ4v) is 3.31. The van der Waals surface area contributed by atoms with Crippen LogP contribution in [0, 0.1) is 18.6 Å². The van der Waals surface area contributed by atoms with Gasteiger partial charge in [0.2, 0.25) is 5.78 Å². The van der Waals surface area contributed by atoms with E-state index in [2.05, 4.69) is 0 Å². The number of fused-ring (bicyclic) bond motifs is 1. The van der Waals surface area contributed by atoms with Crippen LogP contribution in [0.2, 0.25) is 5.02 Å².